The summed E-state index contributed by atoms with van der Waals surface area (Å²) in [5.41, 5.74) is 0.0348. The van der Waals surface area contributed by atoms with Crippen molar-refractivity contribution < 1.29 is 18.7 Å². The molecule has 1 aromatic rings. The molecular formula is C16H22FN3O3. The number of urea groups is 1. The van der Waals surface area contributed by atoms with Crippen molar-refractivity contribution in [1.29, 1.82) is 0 Å². The molecule has 23 heavy (non-hydrogen) atoms. The normalized spacial score (nSPS) is 18.1. The van der Waals surface area contributed by atoms with E-state index >= 15 is 0 Å². The van der Waals surface area contributed by atoms with Gasteiger partial charge in [0.15, 0.2) is 0 Å². The van der Waals surface area contributed by atoms with Gasteiger partial charge >= 0.3 is 6.03 Å². The molecular weight excluding hydrogens is 301 g/mol. The van der Waals surface area contributed by atoms with Gasteiger partial charge in [-0.1, -0.05) is 0 Å². The van der Waals surface area contributed by atoms with Gasteiger partial charge in [-0.3, -0.25) is 4.79 Å². The Labute approximate surface area is 134 Å². The zero-order valence-corrected chi connectivity index (χ0v) is 13.3. The molecule has 0 aromatic heterocycles. The molecule has 1 atom stereocenters. The Morgan fingerprint density at radius 2 is 2.17 bits per heavy atom. The second-order valence-corrected chi connectivity index (χ2v) is 5.75. The number of carbonyl (C=O) groups is 2. The molecule has 3 amide bonds. The maximum Gasteiger partial charge on any atom is 0.319 e. The predicted octanol–water partition coefficient (Wildman–Crippen LogP) is 2.40. The Balaban J connectivity index is 1.95. The Morgan fingerprint density at radius 3 is 2.87 bits per heavy atom. The highest BCUT2D eigenvalue weighted by atomic mass is 19.1. The van der Waals surface area contributed by atoms with Crippen LogP contribution in [0.2, 0.25) is 0 Å². The van der Waals surface area contributed by atoms with E-state index in [-0.39, 0.29) is 17.7 Å². The summed E-state index contributed by atoms with van der Waals surface area (Å²) in [6, 6.07) is 3.03. The van der Waals surface area contributed by atoms with E-state index in [1.165, 1.54) is 12.1 Å². The lowest BCUT2D eigenvalue weighted by Crippen LogP contribution is -2.47. The third-order valence-electron chi connectivity index (χ3n) is 3.40. The number of benzene rings is 1. The van der Waals surface area contributed by atoms with Crippen LogP contribution in [-0.2, 0) is 4.79 Å². The standard InChI is InChI=1S/C16H22FN3O3/c1-10(2)23-11-6-7-13(12(17)9-11)19-16(22)20-14-5-3-4-8-18-15(14)21/h6-7,9-10,14H,3-5,8H2,1-2H3,(H,18,21)(H2,19,20,22). The summed E-state index contributed by atoms with van der Waals surface area (Å²) >= 11 is 0. The monoisotopic (exact) mass is 323 g/mol. The van der Waals surface area contributed by atoms with Gasteiger partial charge in [0, 0.05) is 12.6 Å². The van der Waals surface area contributed by atoms with Crippen LogP contribution in [0, 0.1) is 5.82 Å². The first-order chi connectivity index (χ1) is 11.0. The van der Waals surface area contributed by atoms with Gasteiger partial charge in [-0.2, -0.15) is 0 Å². The molecule has 1 unspecified atom stereocenters. The van der Waals surface area contributed by atoms with Gasteiger partial charge in [0.05, 0.1) is 11.8 Å². The minimum absolute atomic E-state index is 0.0348. The minimum Gasteiger partial charge on any atom is -0.491 e. The summed E-state index contributed by atoms with van der Waals surface area (Å²) in [6.45, 7) is 4.30. The van der Waals surface area contributed by atoms with Crippen LogP contribution < -0.4 is 20.7 Å². The van der Waals surface area contributed by atoms with E-state index in [2.05, 4.69) is 16.0 Å². The van der Waals surface area contributed by atoms with Gasteiger partial charge in [-0.05, 0) is 45.2 Å². The van der Waals surface area contributed by atoms with Crippen molar-refractivity contribution in [3.63, 3.8) is 0 Å². The molecule has 1 saturated heterocycles. The van der Waals surface area contributed by atoms with Gasteiger partial charge in [-0.25, -0.2) is 9.18 Å². The molecule has 126 valence electrons. The largest absolute Gasteiger partial charge is 0.491 e. The lowest BCUT2D eigenvalue weighted by molar-refractivity contribution is -0.122. The minimum atomic E-state index is -0.608. The Morgan fingerprint density at radius 1 is 1.39 bits per heavy atom. The molecule has 1 fully saturated rings. The maximum absolute atomic E-state index is 14.0. The predicted molar refractivity (Wildman–Crippen MR) is 85.0 cm³/mol. The van der Waals surface area contributed by atoms with Crippen LogP contribution in [0.15, 0.2) is 18.2 Å². The van der Waals surface area contributed by atoms with E-state index in [1.807, 2.05) is 13.8 Å². The Kier molecular flexibility index (Phi) is 5.78. The smallest absolute Gasteiger partial charge is 0.319 e. The van der Waals surface area contributed by atoms with Gasteiger partial charge in [-0.15, -0.1) is 0 Å². The molecule has 1 aliphatic rings. The molecule has 1 aromatic carbocycles. The molecule has 1 heterocycles. The number of amides is 3. The van der Waals surface area contributed by atoms with E-state index in [4.69, 9.17) is 4.74 Å². The molecule has 6 nitrogen and oxygen atoms in total. The first-order valence-electron chi connectivity index (χ1n) is 7.77. The number of hydrogen-bond acceptors (Lipinski definition) is 3. The fraction of sp³-hybridized carbons (Fsp3) is 0.500. The van der Waals surface area contributed by atoms with Crippen LogP contribution >= 0.6 is 0 Å². The number of nitrogens with one attached hydrogen (secondary N) is 3. The Hall–Kier alpha value is -2.31. The van der Waals surface area contributed by atoms with Gasteiger partial charge in [0.2, 0.25) is 5.91 Å². The van der Waals surface area contributed by atoms with Crippen LogP contribution in [0.4, 0.5) is 14.9 Å². The summed E-state index contributed by atoms with van der Waals surface area (Å²) < 4.78 is 19.4. The van der Waals surface area contributed by atoms with E-state index in [1.54, 1.807) is 6.07 Å². The number of hydrogen-bond donors (Lipinski definition) is 3. The fourth-order valence-corrected chi connectivity index (χ4v) is 2.34. The van der Waals surface area contributed by atoms with E-state index in [9.17, 15) is 14.0 Å². The first-order valence-corrected chi connectivity index (χ1v) is 7.77. The highest BCUT2D eigenvalue weighted by Crippen LogP contribution is 2.21. The SMILES string of the molecule is CC(C)Oc1ccc(NC(=O)NC2CCCCNC2=O)c(F)c1. The molecule has 2 rings (SSSR count). The highest BCUT2D eigenvalue weighted by molar-refractivity contribution is 5.93. The van der Waals surface area contributed by atoms with Crippen molar-refractivity contribution in [3.05, 3.63) is 24.0 Å². The van der Waals surface area contributed by atoms with Crippen molar-refractivity contribution in [1.82, 2.24) is 10.6 Å². The summed E-state index contributed by atoms with van der Waals surface area (Å²) in [5, 5.41) is 7.72. The number of rotatable bonds is 4. The van der Waals surface area contributed by atoms with Crippen molar-refractivity contribution in [3.8, 4) is 5.75 Å². The first kappa shape index (κ1) is 17.1. The number of halogens is 1. The van der Waals surface area contributed by atoms with E-state index in [0.717, 1.165) is 12.8 Å². The van der Waals surface area contributed by atoms with Gasteiger partial charge < -0.3 is 20.7 Å². The summed E-state index contributed by atoms with van der Waals surface area (Å²) in [4.78, 5) is 23.7. The molecule has 0 radical (unpaired) electrons. The summed E-state index contributed by atoms with van der Waals surface area (Å²) in [6.07, 6.45) is 2.24. The lowest BCUT2D eigenvalue weighted by atomic mass is 10.1. The van der Waals surface area contributed by atoms with Crippen LogP contribution in [0.25, 0.3) is 0 Å². The molecule has 0 spiro atoms. The van der Waals surface area contributed by atoms with Gasteiger partial charge in [0.25, 0.3) is 0 Å². The van der Waals surface area contributed by atoms with Crippen molar-refractivity contribution in [2.75, 3.05) is 11.9 Å². The van der Waals surface area contributed by atoms with Crippen LogP contribution in [0.3, 0.4) is 0 Å². The van der Waals surface area contributed by atoms with Crippen molar-refractivity contribution in [2.24, 2.45) is 0 Å². The van der Waals surface area contributed by atoms with Crippen molar-refractivity contribution >= 4 is 17.6 Å². The second-order valence-electron chi connectivity index (χ2n) is 5.75. The molecule has 0 saturated carbocycles. The molecule has 0 bridgehead atoms. The van der Waals surface area contributed by atoms with Crippen molar-refractivity contribution in [2.45, 2.75) is 45.3 Å². The molecule has 1 aliphatic heterocycles. The molecule has 0 aliphatic carbocycles. The molecule has 3 N–H and O–H groups in total. The van der Waals surface area contributed by atoms with Crippen LogP contribution in [-0.4, -0.2) is 30.6 Å². The maximum atomic E-state index is 14.0. The zero-order valence-electron chi connectivity index (χ0n) is 13.3. The summed E-state index contributed by atoms with van der Waals surface area (Å²) in [7, 11) is 0. The zero-order chi connectivity index (χ0) is 16.8. The quantitative estimate of drug-likeness (QED) is 0.796. The summed E-state index contributed by atoms with van der Waals surface area (Å²) in [5.74, 6) is -0.408. The number of ether oxygens (including phenoxy) is 1. The fourth-order valence-electron chi connectivity index (χ4n) is 2.34. The topological polar surface area (TPSA) is 79.5 Å². The number of carbonyl (C=O) groups excluding carboxylic acids is 2. The lowest BCUT2D eigenvalue weighted by Gasteiger charge is -2.16. The Bertz CT molecular complexity index is 578. The van der Waals surface area contributed by atoms with Gasteiger partial charge in [0.1, 0.15) is 17.6 Å². The average molecular weight is 323 g/mol. The third kappa shape index (κ3) is 5.12. The third-order valence-corrected chi connectivity index (χ3v) is 3.40. The highest BCUT2D eigenvalue weighted by Gasteiger charge is 2.22. The molecule has 7 heteroatoms. The average Bonchev–Trinajstić information content (AvgIpc) is 2.66. The van der Waals surface area contributed by atoms with E-state index in [0.29, 0.717) is 18.7 Å². The van der Waals surface area contributed by atoms with Crippen LogP contribution in [0.5, 0.6) is 5.75 Å². The number of anilines is 1. The van der Waals surface area contributed by atoms with Crippen LogP contribution in [0.1, 0.15) is 33.1 Å². The second kappa shape index (κ2) is 7.80. The van der Waals surface area contributed by atoms with E-state index < -0.39 is 17.9 Å².